The van der Waals surface area contributed by atoms with E-state index < -0.39 is 0 Å². The van der Waals surface area contributed by atoms with Gasteiger partial charge in [0.2, 0.25) is 0 Å². The lowest BCUT2D eigenvalue weighted by Gasteiger charge is -2.30. The molecule has 4 aliphatic rings. The van der Waals surface area contributed by atoms with Crippen molar-refractivity contribution >= 4 is 23.8 Å². The minimum absolute atomic E-state index is 0.0110. The van der Waals surface area contributed by atoms with Gasteiger partial charge in [0.1, 0.15) is 0 Å². The van der Waals surface area contributed by atoms with Crippen LogP contribution in [0.2, 0.25) is 0 Å². The minimum Gasteiger partial charge on any atom is -0.466 e. The minimum atomic E-state index is -0.271. The van der Waals surface area contributed by atoms with Gasteiger partial charge in [-0.3, -0.25) is 9.59 Å². The fraction of sp³-hybridized carbons (Fsp3) is 0.296. The summed E-state index contributed by atoms with van der Waals surface area (Å²) in [6.45, 7) is 3.04. The third-order valence-corrected chi connectivity index (χ3v) is 7.29. The third-order valence-electron chi connectivity index (χ3n) is 7.29. The Morgan fingerprint density at radius 2 is 2.15 bits per heavy atom. The fourth-order valence-corrected chi connectivity index (χ4v) is 6.07. The van der Waals surface area contributed by atoms with E-state index in [0.717, 1.165) is 40.8 Å². The summed E-state index contributed by atoms with van der Waals surface area (Å²) < 4.78 is 5.21. The number of allylic oxidation sites excluding steroid dienone is 2. The molecule has 2 heterocycles. The monoisotopic (exact) mass is 455 g/mol. The molecular weight excluding hydrogens is 430 g/mol. The first-order valence-electron chi connectivity index (χ1n) is 11.6. The maximum absolute atomic E-state index is 13.1. The topological polar surface area (TPSA) is 91.2 Å². The van der Waals surface area contributed by atoms with Gasteiger partial charge in [-0.1, -0.05) is 47.6 Å². The largest absolute Gasteiger partial charge is 0.466 e. The third kappa shape index (κ3) is 3.00. The molecule has 2 aliphatic heterocycles. The molecule has 172 valence electrons. The maximum Gasteiger partial charge on any atom is 0.302 e. The van der Waals surface area contributed by atoms with Crippen molar-refractivity contribution in [1.82, 2.24) is 5.32 Å². The van der Waals surface area contributed by atoms with E-state index in [0.29, 0.717) is 19.6 Å². The van der Waals surface area contributed by atoms with E-state index in [2.05, 4.69) is 39.7 Å². The van der Waals surface area contributed by atoms with Crippen LogP contribution in [0.1, 0.15) is 51.9 Å². The zero-order valence-corrected chi connectivity index (χ0v) is 18.9. The van der Waals surface area contributed by atoms with Crippen LogP contribution < -0.4 is 10.2 Å². The van der Waals surface area contributed by atoms with Gasteiger partial charge < -0.3 is 20.2 Å². The molecule has 0 saturated carbocycles. The van der Waals surface area contributed by atoms with E-state index in [4.69, 9.17) is 9.94 Å². The number of carbonyl (C=O) groups is 2. The number of amides is 1. The van der Waals surface area contributed by atoms with Crippen molar-refractivity contribution in [2.75, 3.05) is 18.1 Å². The molecule has 2 atom stereocenters. The number of carbonyl (C=O) groups excluding carboxylic acids is 2. The van der Waals surface area contributed by atoms with E-state index in [1.807, 2.05) is 18.2 Å². The molecule has 0 saturated heterocycles. The van der Waals surface area contributed by atoms with Crippen molar-refractivity contribution in [2.45, 2.75) is 38.3 Å². The molecule has 2 aromatic rings. The number of anilines is 1. The highest BCUT2D eigenvalue weighted by Crippen LogP contribution is 2.55. The van der Waals surface area contributed by atoms with Gasteiger partial charge in [0.25, 0.3) is 5.91 Å². The van der Waals surface area contributed by atoms with Crippen LogP contribution in [0.25, 0.3) is 11.1 Å². The highest BCUT2D eigenvalue weighted by atomic mass is 16.5. The average Bonchev–Trinajstić information content (AvgIpc) is 3.48. The van der Waals surface area contributed by atoms with Gasteiger partial charge in [0, 0.05) is 43.6 Å². The lowest BCUT2D eigenvalue weighted by atomic mass is 9.83. The summed E-state index contributed by atoms with van der Waals surface area (Å²) in [6.07, 6.45) is 9.20. The number of hydrogen-bond acceptors (Lipinski definition) is 6. The van der Waals surface area contributed by atoms with Crippen LogP contribution >= 0.6 is 0 Å². The Bertz CT molecular complexity index is 1320. The molecule has 7 nitrogen and oxygen atoms in total. The quantitative estimate of drug-likeness (QED) is 0.201. The van der Waals surface area contributed by atoms with Crippen molar-refractivity contribution < 1.29 is 19.5 Å². The summed E-state index contributed by atoms with van der Waals surface area (Å²) in [5.41, 5.74) is 9.74. The summed E-state index contributed by atoms with van der Waals surface area (Å²) in [7, 11) is 0. The zero-order chi connectivity index (χ0) is 23.4. The van der Waals surface area contributed by atoms with Crippen LogP contribution in [0.4, 0.5) is 5.69 Å². The Morgan fingerprint density at radius 3 is 2.97 bits per heavy atom. The first-order chi connectivity index (χ1) is 16.6. The molecule has 0 radical (unpaired) electrons. The number of hydrogen-bond donors (Lipinski definition) is 2. The van der Waals surface area contributed by atoms with Crippen LogP contribution in [0, 0.1) is 0 Å². The summed E-state index contributed by atoms with van der Waals surface area (Å²) in [5.74, 6) is -0.243. The standard InChI is InChI=1S/C27H25N3O4/c1-15(31)34-10-4-9-30-22-8-7-16(13-29-33)11-19(22)24-21-14-28-27(32)25(21)23-18-6-3-2-5-17(18)12-20(23)26(24)30/h2-3,5-8,11,13,19,22,33H,4,9-10,12,14H2,1H3,(H,28,32)/b29-13+. The van der Waals surface area contributed by atoms with E-state index in [9.17, 15) is 9.59 Å². The average molecular weight is 456 g/mol. The highest BCUT2D eigenvalue weighted by molar-refractivity contribution is 6.09. The van der Waals surface area contributed by atoms with Crippen molar-refractivity contribution in [1.29, 1.82) is 0 Å². The first kappa shape index (κ1) is 20.7. The van der Waals surface area contributed by atoms with Crippen LogP contribution in [0.5, 0.6) is 0 Å². The number of oxime groups is 1. The van der Waals surface area contributed by atoms with Gasteiger partial charge in [-0.15, -0.1) is 0 Å². The van der Waals surface area contributed by atoms with E-state index in [-0.39, 0.29) is 23.8 Å². The Kier molecular flexibility index (Phi) is 4.79. The smallest absolute Gasteiger partial charge is 0.302 e. The first-order valence-corrected chi connectivity index (χ1v) is 11.6. The molecule has 0 fully saturated rings. The number of nitrogens with one attached hydrogen (secondary N) is 1. The van der Waals surface area contributed by atoms with E-state index in [1.54, 1.807) is 0 Å². The molecule has 0 aromatic heterocycles. The molecular formula is C27H25N3O4. The SMILES string of the molecule is CC(=O)OCCCN1c2c3c(c4c(c2C2C=C(/C=N/O)C=CC21)CNC4=O)-c1ccccc1C3. The number of esters is 1. The number of nitrogens with zero attached hydrogens (tertiary/aromatic N) is 2. The molecule has 2 unspecified atom stereocenters. The molecule has 6 rings (SSSR count). The lowest BCUT2D eigenvalue weighted by Crippen LogP contribution is -2.35. The van der Waals surface area contributed by atoms with E-state index >= 15 is 0 Å². The van der Waals surface area contributed by atoms with Crippen molar-refractivity contribution in [3.8, 4) is 11.1 Å². The second-order valence-corrected chi connectivity index (χ2v) is 9.16. The van der Waals surface area contributed by atoms with Gasteiger partial charge in [0.05, 0.1) is 24.4 Å². The fourth-order valence-electron chi connectivity index (χ4n) is 6.07. The number of rotatable bonds is 5. The van der Waals surface area contributed by atoms with Gasteiger partial charge in [-0.25, -0.2) is 0 Å². The Labute approximate surface area is 197 Å². The summed E-state index contributed by atoms with van der Waals surface area (Å²) in [4.78, 5) is 26.8. The molecule has 0 bridgehead atoms. The van der Waals surface area contributed by atoms with Gasteiger partial charge in [0.15, 0.2) is 0 Å². The number of ether oxygens (including phenoxy) is 1. The second kappa shape index (κ2) is 7.87. The van der Waals surface area contributed by atoms with Crippen LogP contribution in [0.15, 0.2) is 53.2 Å². The Balaban J connectivity index is 1.54. The Hall–Kier alpha value is -3.87. The van der Waals surface area contributed by atoms with E-state index in [1.165, 1.54) is 35.5 Å². The van der Waals surface area contributed by atoms with Crippen LogP contribution in [-0.4, -0.2) is 42.5 Å². The molecule has 7 heteroatoms. The van der Waals surface area contributed by atoms with Crippen LogP contribution in [-0.2, 0) is 22.5 Å². The van der Waals surface area contributed by atoms with Gasteiger partial charge in [-0.05, 0) is 39.8 Å². The molecule has 0 spiro atoms. The molecule has 2 aromatic carbocycles. The summed E-state index contributed by atoms with van der Waals surface area (Å²) in [6, 6.07) is 8.42. The van der Waals surface area contributed by atoms with Gasteiger partial charge >= 0.3 is 5.97 Å². The number of fused-ring (bicyclic) bond motifs is 10. The lowest BCUT2D eigenvalue weighted by molar-refractivity contribution is -0.140. The second-order valence-electron chi connectivity index (χ2n) is 9.16. The zero-order valence-electron chi connectivity index (χ0n) is 18.9. The Morgan fingerprint density at radius 1 is 1.29 bits per heavy atom. The predicted molar refractivity (Wildman–Crippen MR) is 128 cm³/mol. The summed E-state index contributed by atoms with van der Waals surface area (Å²) >= 11 is 0. The molecule has 1 amide bonds. The molecule has 2 N–H and O–H groups in total. The van der Waals surface area contributed by atoms with Crippen molar-refractivity contribution in [3.63, 3.8) is 0 Å². The number of benzene rings is 2. The van der Waals surface area contributed by atoms with Crippen molar-refractivity contribution in [3.05, 3.63) is 75.9 Å². The highest BCUT2D eigenvalue weighted by Gasteiger charge is 2.45. The van der Waals surface area contributed by atoms with Crippen molar-refractivity contribution in [2.24, 2.45) is 5.16 Å². The normalized spacial score (nSPS) is 21.0. The van der Waals surface area contributed by atoms with Crippen LogP contribution in [0.3, 0.4) is 0 Å². The predicted octanol–water partition coefficient (Wildman–Crippen LogP) is 3.68. The molecule has 2 aliphatic carbocycles. The maximum atomic E-state index is 13.1. The van der Waals surface area contributed by atoms with Gasteiger partial charge in [-0.2, -0.15) is 0 Å². The summed E-state index contributed by atoms with van der Waals surface area (Å²) in [5, 5.41) is 15.4. The molecule has 34 heavy (non-hydrogen) atoms.